The summed E-state index contributed by atoms with van der Waals surface area (Å²) in [6.07, 6.45) is 5.06. The molecule has 0 unspecified atom stereocenters. The number of hydrogen-bond donors (Lipinski definition) is 0. The molecule has 3 aliphatic rings. The molecule has 5 nitrogen and oxygen atoms in total. The lowest BCUT2D eigenvalue weighted by Gasteiger charge is -2.32. The van der Waals surface area contributed by atoms with Crippen LogP contribution in [0.25, 0.3) is 6.08 Å². The first kappa shape index (κ1) is 16.4. The highest BCUT2D eigenvalue weighted by atomic mass is 16.7. The molecule has 3 aliphatic heterocycles. The summed E-state index contributed by atoms with van der Waals surface area (Å²) in [5, 5.41) is 0. The molecule has 0 aliphatic carbocycles. The van der Waals surface area contributed by atoms with Crippen molar-refractivity contribution in [1.82, 2.24) is 0 Å². The van der Waals surface area contributed by atoms with Crippen molar-refractivity contribution < 1.29 is 23.7 Å². The van der Waals surface area contributed by atoms with Crippen LogP contribution in [0.2, 0.25) is 0 Å². The maximum atomic E-state index is 6.22. The quantitative estimate of drug-likeness (QED) is 0.792. The molecule has 2 aromatic carbocycles. The first-order valence-electron chi connectivity index (χ1n) is 9.18. The van der Waals surface area contributed by atoms with E-state index in [4.69, 9.17) is 23.7 Å². The van der Waals surface area contributed by atoms with Crippen LogP contribution in [0.5, 0.6) is 28.7 Å². The van der Waals surface area contributed by atoms with E-state index >= 15 is 0 Å². The number of methoxy groups -OCH3 is 1. The summed E-state index contributed by atoms with van der Waals surface area (Å²) in [6, 6.07) is 8.07. The van der Waals surface area contributed by atoms with E-state index in [1.807, 2.05) is 18.2 Å². The summed E-state index contributed by atoms with van der Waals surface area (Å²) in [6.45, 7) is 4.93. The molecule has 0 radical (unpaired) electrons. The maximum Gasteiger partial charge on any atom is 0.231 e. The molecule has 0 N–H and O–H groups in total. The van der Waals surface area contributed by atoms with E-state index in [2.05, 4.69) is 32.1 Å². The SMILES string of the molecule is COc1cc2c(cc1[C@H]1COc3c(ccc4c3C=CC(C)(C)O4)C1)OCO2. The van der Waals surface area contributed by atoms with E-state index in [0.717, 1.165) is 46.3 Å². The third-order valence-electron chi connectivity index (χ3n) is 5.32. The van der Waals surface area contributed by atoms with Crippen molar-refractivity contribution in [3.8, 4) is 28.7 Å². The van der Waals surface area contributed by atoms with Gasteiger partial charge in [0, 0.05) is 17.5 Å². The van der Waals surface area contributed by atoms with E-state index in [0.29, 0.717) is 6.61 Å². The minimum Gasteiger partial charge on any atom is -0.496 e. The third-order valence-corrected chi connectivity index (χ3v) is 5.32. The van der Waals surface area contributed by atoms with Gasteiger partial charge >= 0.3 is 0 Å². The molecule has 27 heavy (non-hydrogen) atoms. The van der Waals surface area contributed by atoms with Crippen molar-refractivity contribution in [2.45, 2.75) is 31.8 Å². The highest BCUT2D eigenvalue weighted by Gasteiger charge is 2.31. The fraction of sp³-hybridized carbons (Fsp3) is 0.364. The van der Waals surface area contributed by atoms with Gasteiger partial charge in [-0.15, -0.1) is 0 Å². The van der Waals surface area contributed by atoms with Crippen molar-refractivity contribution in [2.24, 2.45) is 0 Å². The second-order valence-electron chi connectivity index (χ2n) is 7.66. The fourth-order valence-electron chi connectivity index (χ4n) is 3.95. The third kappa shape index (κ3) is 2.69. The molecular weight excluding hydrogens is 344 g/mol. The molecule has 140 valence electrons. The van der Waals surface area contributed by atoms with Crippen molar-refractivity contribution in [1.29, 1.82) is 0 Å². The van der Waals surface area contributed by atoms with Gasteiger partial charge in [0.2, 0.25) is 6.79 Å². The lowest BCUT2D eigenvalue weighted by molar-refractivity contribution is 0.157. The van der Waals surface area contributed by atoms with Gasteiger partial charge in [-0.05, 0) is 50.1 Å². The van der Waals surface area contributed by atoms with Crippen molar-refractivity contribution >= 4 is 6.08 Å². The molecule has 0 amide bonds. The Morgan fingerprint density at radius 2 is 1.85 bits per heavy atom. The first-order chi connectivity index (χ1) is 13.0. The predicted molar refractivity (Wildman–Crippen MR) is 101 cm³/mol. The lowest BCUT2D eigenvalue weighted by atomic mass is 9.87. The van der Waals surface area contributed by atoms with Crippen LogP contribution < -0.4 is 23.7 Å². The van der Waals surface area contributed by atoms with Crippen LogP contribution in [0.15, 0.2) is 30.3 Å². The monoisotopic (exact) mass is 366 g/mol. The molecule has 5 heteroatoms. The van der Waals surface area contributed by atoms with E-state index in [-0.39, 0.29) is 18.3 Å². The van der Waals surface area contributed by atoms with Gasteiger partial charge in [-0.2, -0.15) is 0 Å². The normalized spacial score (nSPS) is 20.9. The Kier molecular flexibility index (Phi) is 3.54. The number of fused-ring (bicyclic) bond motifs is 4. The van der Waals surface area contributed by atoms with Crippen LogP contribution in [0.4, 0.5) is 0 Å². The molecule has 0 saturated heterocycles. The largest absolute Gasteiger partial charge is 0.496 e. The summed E-state index contributed by atoms with van der Waals surface area (Å²) < 4.78 is 28.9. The number of ether oxygens (including phenoxy) is 5. The molecule has 0 fully saturated rings. The second kappa shape index (κ2) is 5.84. The highest BCUT2D eigenvalue weighted by molar-refractivity contribution is 5.69. The van der Waals surface area contributed by atoms with Crippen molar-refractivity contribution in [3.05, 3.63) is 47.0 Å². The Hall–Kier alpha value is -2.82. The molecule has 0 bridgehead atoms. The summed E-state index contributed by atoms with van der Waals surface area (Å²) in [5.41, 5.74) is 3.00. The van der Waals surface area contributed by atoms with Gasteiger partial charge in [-0.1, -0.05) is 6.07 Å². The number of benzene rings is 2. The number of hydrogen-bond acceptors (Lipinski definition) is 5. The van der Waals surface area contributed by atoms with Gasteiger partial charge in [0.1, 0.15) is 22.8 Å². The summed E-state index contributed by atoms with van der Waals surface area (Å²) in [7, 11) is 1.68. The Morgan fingerprint density at radius 3 is 2.67 bits per heavy atom. The first-order valence-corrected chi connectivity index (χ1v) is 9.18. The minimum atomic E-state index is -0.293. The highest BCUT2D eigenvalue weighted by Crippen LogP contribution is 2.46. The average Bonchev–Trinajstić information content (AvgIpc) is 3.12. The van der Waals surface area contributed by atoms with Gasteiger partial charge in [-0.3, -0.25) is 0 Å². The van der Waals surface area contributed by atoms with Gasteiger partial charge in [0.25, 0.3) is 0 Å². The van der Waals surface area contributed by atoms with E-state index in [1.54, 1.807) is 7.11 Å². The van der Waals surface area contributed by atoms with Crippen molar-refractivity contribution in [2.75, 3.05) is 20.5 Å². The second-order valence-corrected chi connectivity index (χ2v) is 7.66. The smallest absolute Gasteiger partial charge is 0.231 e. The van der Waals surface area contributed by atoms with Gasteiger partial charge in [0.15, 0.2) is 11.5 Å². The van der Waals surface area contributed by atoms with Gasteiger partial charge < -0.3 is 23.7 Å². The minimum absolute atomic E-state index is 0.185. The molecule has 3 heterocycles. The van der Waals surface area contributed by atoms with Crippen LogP contribution in [-0.4, -0.2) is 26.1 Å². The lowest BCUT2D eigenvalue weighted by Crippen LogP contribution is -2.28. The van der Waals surface area contributed by atoms with E-state index in [1.165, 1.54) is 5.56 Å². The van der Waals surface area contributed by atoms with E-state index in [9.17, 15) is 0 Å². The Balaban J connectivity index is 1.49. The molecule has 5 rings (SSSR count). The zero-order valence-electron chi connectivity index (χ0n) is 15.7. The van der Waals surface area contributed by atoms with Crippen LogP contribution >= 0.6 is 0 Å². The van der Waals surface area contributed by atoms with Crippen molar-refractivity contribution in [3.63, 3.8) is 0 Å². The molecule has 2 aromatic rings. The molecule has 0 aromatic heterocycles. The Labute approximate surface area is 158 Å². The van der Waals surface area contributed by atoms with E-state index < -0.39 is 0 Å². The van der Waals surface area contributed by atoms with Crippen LogP contribution in [-0.2, 0) is 6.42 Å². The topological polar surface area (TPSA) is 46.2 Å². The Bertz CT molecular complexity index is 944. The average molecular weight is 366 g/mol. The van der Waals surface area contributed by atoms with Crippen LogP contribution in [0, 0.1) is 0 Å². The zero-order valence-corrected chi connectivity index (χ0v) is 15.7. The van der Waals surface area contributed by atoms with Crippen LogP contribution in [0.1, 0.15) is 36.5 Å². The summed E-state index contributed by atoms with van der Waals surface area (Å²) in [5.74, 6) is 4.28. The molecular formula is C22H22O5. The molecule has 0 saturated carbocycles. The fourth-order valence-corrected chi connectivity index (χ4v) is 3.95. The summed E-state index contributed by atoms with van der Waals surface area (Å²) in [4.78, 5) is 0. The molecule has 1 atom stereocenters. The molecule has 0 spiro atoms. The zero-order chi connectivity index (χ0) is 18.6. The standard InChI is InChI=1S/C22H22O5/c1-22(2)7-6-15-17(27-22)5-4-13-8-14(11-24-21(13)15)16-9-19-20(26-12-25-19)10-18(16)23-3/h4-7,9-10,14H,8,11-12H2,1-3H3/t14-/m1/s1. The summed E-state index contributed by atoms with van der Waals surface area (Å²) >= 11 is 0. The van der Waals surface area contributed by atoms with Gasteiger partial charge in [0.05, 0.1) is 19.3 Å². The maximum absolute atomic E-state index is 6.22. The van der Waals surface area contributed by atoms with Crippen LogP contribution in [0.3, 0.4) is 0 Å². The van der Waals surface area contributed by atoms with Gasteiger partial charge in [-0.25, -0.2) is 0 Å². The predicted octanol–water partition coefficient (Wildman–Crippen LogP) is 4.33. The Morgan fingerprint density at radius 1 is 1.04 bits per heavy atom. The number of rotatable bonds is 2.